The number of nitrogens with zero attached hydrogens (tertiary/aromatic N) is 1. The second kappa shape index (κ2) is 9.89. The molecule has 0 aliphatic carbocycles. The van der Waals surface area contributed by atoms with Crippen LogP contribution in [0.2, 0.25) is 0 Å². The van der Waals surface area contributed by atoms with Crippen molar-refractivity contribution in [2.45, 2.75) is 24.8 Å². The highest BCUT2D eigenvalue weighted by Gasteiger charge is 2.20. The summed E-state index contributed by atoms with van der Waals surface area (Å²) in [5.74, 6) is -0.491. The minimum absolute atomic E-state index is 0.160. The van der Waals surface area contributed by atoms with Crippen LogP contribution in [-0.4, -0.2) is 35.8 Å². The zero-order chi connectivity index (χ0) is 22.5. The molecule has 1 saturated heterocycles. The number of hydrogen-bond acceptors (Lipinski definition) is 5. The molecule has 1 fully saturated rings. The summed E-state index contributed by atoms with van der Waals surface area (Å²) in [6, 6.07) is 14.7. The van der Waals surface area contributed by atoms with Crippen molar-refractivity contribution in [1.82, 2.24) is 10.3 Å². The molecular weight excluding hydrogens is 409 g/mol. The molecule has 1 aliphatic heterocycles. The second-order valence-corrected chi connectivity index (χ2v) is 7.90. The average molecular weight is 435 g/mol. The Balaban J connectivity index is 1.56. The number of hydrogen-bond donors (Lipinski definition) is 3. The van der Waals surface area contributed by atoms with E-state index in [4.69, 9.17) is 10.5 Å². The van der Waals surface area contributed by atoms with Crippen LogP contribution in [0.4, 0.5) is 10.2 Å². The van der Waals surface area contributed by atoms with Gasteiger partial charge in [-0.1, -0.05) is 36.4 Å². The molecule has 1 atom stereocenters. The second-order valence-electron chi connectivity index (χ2n) is 7.90. The molecule has 0 saturated carbocycles. The Morgan fingerprint density at radius 1 is 1.16 bits per heavy atom. The Kier molecular flexibility index (Phi) is 6.78. The Morgan fingerprint density at radius 2 is 1.91 bits per heavy atom. The molecule has 3 aromatic rings. The van der Waals surface area contributed by atoms with Gasteiger partial charge in [-0.05, 0) is 48.1 Å². The van der Waals surface area contributed by atoms with Crippen LogP contribution < -0.4 is 11.1 Å². The van der Waals surface area contributed by atoms with Crippen LogP contribution in [-0.2, 0) is 4.74 Å². The predicted molar refractivity (Wildman–Crippen MR) is 121 cm³/mol. The lowest BCUT2D eigenvalue weighted by Gasteiger charge is -2.23. The first-order chi connectivity index (χ1) is 15.6. The summed E-state index contributed by atoms with van der Waals surface area (Å²) in [6.45, 7) is 1.12. The maximum atomic E-state index is 15.1. The number of anilines is 1. The van der Waals surface area contributed by atoms with E-state index in [2.05, 4.69) is 10.3 Å². The molecule has 7 heteroatoms. The number of halogens is 1. The Bertz CT molecular complexity index is 1090. The highest BCUT2D eigenvalue weighted by atomic mass is 19.1. The first-order valence-corrected chi connectivity index (χ1v) is 10.7. The molecule has 0 spiro atoms. The largest absolute Gasteiger partial charge is 0.394 e. The number of nitrogen functional groups attached to an aromatic ring is 1. The lowest BCUT2D eigenvalue weighted by atomic mass is 9.91. The van der Waals surface area contributed by atoms with Gasteiger partial charge in [0, 0.05) is 36.1 Å². The summed E-state index contributed by atoms with van der Waals surface area (Å²) >= 11 is 0. The molecular formula is C25H26FN3O3. The van der Waals surface area contributed by atoms with E-state index >= 15 is 4.39 Å². The molecule has 2 aromatic carbocycles. The summed E-state index contributed by atoms with van der Waals surface area (Å²) in [5.41, 5.74) is 8.80. The SMILES string of the molecule is Nc1ncc(C2CCOCC2)cc1-c1ccc(C(=O)NC(CO)c2ccccc2)cc1F. The molecule has 6 nitrogen and oxygen atoms in total. The van der Waals surface area contributed by atoms with Gasteiger partial charge in [-0.25, -0.2) is 9.37 Å². The van der Waals surface area contributed by atoms with Crippen molar-refractivity contribution in [3.8, 4) is 11.1 Å². The van der Waals surface area contributed by atoms with Gasteiger partial charge in [0.15, 0.2) is 0 Å². The summed E-state index contributed by atoms with van der Waals surface area (Å²) in [5, 5.41) is 12.4. The molecule has 2 heterocycles. The number of pyridine rings is 1. The quantitative estimate of drug-likeness (QED) is 0.547. The van der Waals surface area contributed by atoms with E-state index in [-0.39, 0.29) is 18.0 Å². The fourth-order valence-electron chi connectivity index (χ4n) is 4.00. The lowest BCUT2D eigenvalue weighted by molar-refractivity contribution is 0.0853. The van der Waals surface area contributed by atoms with Crippen molar-refractivity contribution in [3.63, 3.8) is 0 Å². The minimum Gasteiger partial charge on any atom is -0.394 e. The highest BCUT2D eigenvalue weighted by Crippen LogP contribution is 2.33. The van der Waals surface area contributed by atoms with Crippen molar-refractivity contribution in [2.75, 3.05) is 25.6 Å². The number of carbonyl (C=O) groups is 1. The van der Waals surface area contributed by atoms with E-state index in [0.29, 0.717) is 30.3 Å². The van der Waals surface area contributed by atoms with Gasteiger partial charge >= 0.3 is 0 Å². The molecule has 1 amide bonds. The van der Waals surface area contributed by atoms with Crippen LogP contribution in [0, 0.1) is 5.82 Å². The molecule has 4 N–H and O–H groups in total. The number of aliphatic hydroxyl groups excluding tert-OH is 1. The minimum atomic E-state index is -0.581. The molecule has 166 valence electrons. The van der Waals surface area contributed by atoms with E-state index < -0.39 is 17.8 Å². The lowest BCUT2D eigenvalue weighted by Crippen LogP contribution is -2.30. The third-order valence-corrected chi connectivity index (χ3v) is 5.84. The molecule has 0 bridgehead atoms. The third kappa shape index (κ3) is 4.79. The maximum absolute atomic E-state index is 15.1. The molecule has 1 aliphatic rings. The van der Waals surface area contributed by atoms with Gasteiger partial charge in [-0.3, -0.25) is 4.79 Å². The molecule has 32 heavy (non-hydrogen) atoms. The fraction of sp³-hybridized carbons (Fsp3) is 0.280. The van der Waals surface area contributed by atoms with E-state index in [9.17, 15) is 9.90 Å². The van der Waals surface area contributed by atoms with Crippen molar-refractivity contribution in [3.05, 3.63) is 83.3 Å². The summed E-state index contributed by atoms with van der Waals surface area (Å²) in [4.78, 5) is 17.0. The smallest absolute Gasteiger partial charge is 0.251 e. The van der Waals surface area contributed by atoms with Gasteiger partial charge in [0.1, 0.15) is 11.6 Å². The average Bonchev–Trinajstić information content (AvgIpc) is 2.84. The Hall–Kier alpha value is -3.29. The van der Waals surface area contributed by atoms with E-state index in [1.165, 1.54) is 6.07 Å². The first kappa shape index (κ1) is 21.9. The molecule has 1 aromatic heterocycles. The maximum Gasteiger partial charge on any atom is 0.251 e. The Labute approximate surface area is 186 Å². The summed E-state index contributed by atoms with van der Waals surface area (Å²) in [6.07, 6.45) is 3.52. The van der Waals surface area contributed by atoms with Crippen molar-refractivity contribution < 1.29 is 19.0 Å². The van der Waals surface area contributed by atoms with Crippen molar-refractivity contribution >= 4 is 11.7 Å². The number of ether oxygens (including phenoxy) is 1. The number of amides is 1. The van der Waals surface area contributed by atoms with E-state index in [1.807, 2.05) is 36.4 Å². The molecule has 4 rings (SSSR count). The number of rotatable bonds is 6. The predicted octanol–water partition coefficient (Wildman–Crippen LogP) is 3.83. The van der Waals surface area contributed by atoms with Gasteiger partial charge in [0.05, 0.1) is 12.6 Å². The van der Waals surface area contributed by atoms with Crippen LogP contribution in [0.5, 0.6) is 0 Å². The number of aliphatic hydroxyl groups is 1. The van der Waals surface area contributed by atoms with E-state index in [1.54, 1.807) is 18.3 Å². The van der Waals surface area contributed by atoms with Crippen LogP contribution in [0.25, 0.3) is 11.1 Å². The van der Waals surface area contributed by atoms with Crippen LogP contribution >= 0.6 is 0 Å². The van der Waals surface area contributed by atoms with Crippen molar-refractivity contribution in [1.29, 1.82) is 0 Å². The Morgan fingerprint density at radius 3 is 2.59 bits per heavy atom. The fourth-order valence-corrected chi connectivity index (χ4v) is 4.00. The van der Waals surface area contributed by atoms with Gasteiger partial charge in [0.25, 0.3) is 5.91 Å². The monoisotopic (exact) mass is 435 g/mol. The van der Waals surface area contributed by atoms with Gasteiger partial charge in [-0.15, -0.1) is 0 Å². The first-order valence-electron chi connectivity index (χ1n) is 10.7. The third-order valence-electron chi connectivity index (χ3n) is 5.84. The topological polar surface area (TPSA) is 97.5 Å². The zero-order valence-electron chi connectivity index (χ0n) is 17.6. The van der Waals surface area contributed by atoms with Crippen molar-refractivity contribution in [2.24, 2.45) is 0 Å². The normalized spacial score (nSPS) is 15.3. The van der Waals surface area contributed by atoms with Gasteiger partial charge < -0.3 is 20.9 Å². The van der Waals surface area contributed by atoms with E-state index in [0.717, 1.165) is 24.0 Å². The number of nitrogens with one attached hydrogen (secondary N) is 1. The summed E-state index contributed by atoms with van der Waals surface area (Å²) < 4.78 is 20.5. The van der Waals surface area contributed by atoms with Crippen LogP contribution in [0.15, 0.2) is 60.8 Å². The van der Waals surface area contributed by atoms with Crippen LogP contribution in [0.3, 0.4) is 0 Å². The standard InChI is InChI=1S/C25H26FN3O3/c26-22-13-18(25(31)29-23(15-30)17-4-2-1-3-5-17)6-7-20(22)21-12-19(14-28-24(21)27)16-8-10-32-11-9-16/h1-7,12-14,16,23,30H,8-11,15H2,(H2,27,28)(H,29,31). The number of aromatic nitrogens is 1. The highest BCUT2D eigenvalue weighted by molar-refractivity contribution is 5.95. The van der Waals surface area contributed by atoms with Gasteiger partial charge in [-0.2, -0.15) is 0 Å². The molecule has 0 radical (unpaired) electrons. The molecule has 1 unspecified atom stereocenters. The zero-order valence-corrected chi connectivity index (χ0v) is 17.6. The number of carbonyl (C=O) groups excluding carboxylic acids is 1. The number of benzene rings is 2. The summed E-state index contributed by atoms with van der Waals surface area (Å²) in [7, 11) is 0. The van der Waals surface area contributed by atoms with Gasteiger partial charge in [0.2, 0.25) is 0 Å². The number of nitrogens with two attached hydrogens (primary N) is 1. The van der Waals surface area contributed by atoms with Crippen LogP contribution in [0.1, 0.15) is 46.3 Å².